The molecule has 105 heavy (non-hydrogen) atoms. The number of unbranched alkanes of at least 4 members (excludes halogenated alkanes) is 17. The molecule has 3 aliphatic heterocycles. The van der Waals surface area contributed by atoms with Crippen molar-refractivity contribution < 1.29 is 33.2 Å². The smallest absolute Gasteiger partial charge is 0.155 e. The summed E-state index contributed by atoms with van der Waals surface area (Å²) in [6.07, 6.45) is 36.0. The number of hydrogen-bond donors (Lipinski definition) is 0. The van der Waals surface area contributed by atoms with Crippen LogP contribution in [-0.4, -0.2) is 134 Å². The maximum absolute atomic E-state index is 5.20. The number of aryl methyl sites for hydroxylation is 6. The molecule has 3 fully saturated rings. The summed E-state index contributed by atoms with van der Waals surface area (Å²) in [5, 5.41) is 0. The average molecular weight is 1470 g/mol. The number of pyridine rings is 1. The van der Waals surface area contributed by atoms with E-state index in [9.17, 15) is 0 Å². The van der Waals surface area contributed by atoms with Gasteiger partial charge < -0.3 is 33.2 Å². The number of likely N-dealkylation sites (N-methyl/N-ethyl adjacent to an activating group) is 1. The molecule has 614 valence electrons. The molecule has 4 aromatic carbocycles. The molecule has 0 atom stereocenters. The van der Waals surface area contributed by atoms with Gasteiger partial charge in [-0.2, -0.15) is 0 Å². The molecule has 8 rings (SSSR count). The second-order valence-electron chi connectivity index (χ2n) is 26.2. The van der Waals surface area contributed by atoms with Crippen LogP contribution in [-0.2, 0) is 34.8 Å². The van der Waals surface area contributed by atoms with Crippen LogP contribution in [0.2, 0.25) is 0 Å². The fraction of sp³-hybridized carbons (Fsp3) is 0.695. The molecule has 0 radical (unpaired) electrons. The third kappa shape index (κ3) is 108. The Morgan fingerprint density at radius 1 is 0.362 bits per heavy atom. The predicted molar refractivity (Wildman–Crippen MR) is 469 cm³/mol. The quantitative estimate of drug-likeness (QED) is 0.0474. The topological polar surface area (TPSA) is 84.0 Å². The lowest BCUT2D eigenvalue weighted by Crippen LogP contribution is -2.36. The highest BCUT2D eigenvalue weighted by Crippen LogP contribution is 2.11. The SMILES string of the molecule is CC1OCCO1.CCC.CCCC.CCCCCC.CCCCCCCC.CCCCCCCCCC.CCCCOCC.CCCN1CCOCC1.CCN1CCOCC1.CCOCC.CCc1ccccc1.COc1ccc(C)cc1.Cc1ccc(C)cc1.Cc1ccccc1.Cc1ccccn1. The fourth-order valence-corrected chi connectivity index (χ4v) is 8.70. The van der Waals surface area contributed by atoms with Gasteiger partial charge in [-0.15, -0.1) is 0 Å². The van der Waals surface area contributed by atoms with Crippen LogP contribution in [0.1, 0.15) is 312 Å². The number of aromatic nitrogens is 1. The third-order valence-corrected chi connectivity index (χ3v) is 15.6. The number of methoxy groups -OCH3 is 1. The normalized spacial score (nSPS) is 12.2. The van der Waals surface area contributed by atoms with Gasteiger partial charge in [-0.05, 0) is 124 Å². The van der Waals surface area contributed by atoms with E-state index in [4.69, 9.17) is 33.2 Å². The number of morpholine rings is 2. The Bertz CT molecular complexity index is 2080. The molecule has 1 aromatic heterocycles. The Morgan fingerprint density at radius 2 is 0.705 bits per heavy atom. The van der Waals surface area contributed by atoms with Crippen molar-refractivity contribution in [1.29, 1.82) is 0 Å². The van der Waals surface area contributed by atoms with E-state index in [1.54, 1.807) is 13.3 Å². The molecular formula is C95H177N3O7. The highest BCUT2D eigenvalue weighted by atomic mass is 16.7. The molecule has 5 aromatic rings. The van der Waals surface area contributed by atoms with E-state index in [2.05, 4.69) is 200 Å². The summed E-state index contributed by atoms with van der Waals surface area (Å²) in [4.78, 5) is 8.82. The van der Waals surface area contributed by atoms with E-state index in [0.717, 1.165) is 110 Å². The highest BCUT2D eigenvalue weighted by molar-refractivity contribution is 5.26. The molecule has 0 unspecified atom stereocenters. The van der Waals surface area contributed by atoms with Crippen LogP contribution in [0.15, 0.2) is 134 Å². The molecular weight excluding hydrogens is 1300 g/mol. The summed E-state index contributed by atoms with van der Waals surface area (Å²) in [5.41, 5.74) is 7.72. The van der Waals surface area contributed by atoms with Gasteiger partial charge in [0.05, 0.1) is 46.8 Å². The van der Waals surface area contributed by atoms with E-state index in [0.29, 0.717) is 0 Å². The number of hydrogen-bond acceptors (Lipinski definition) is 10. The molecule has 10 nitrogen and oxygen atoms in total. The fourth-order valence-electron chi connectivity index (χ4n) is 8.70. The van der Waals surface area contributed by atoms with E-state index in [-0.39, 0.29) is 6.29 Å². The molecule has 0 bridgehead atoms. The van der Waals surface area contributed by atoms with E-state index >= 15 is 0 Å². The molecule has 0 N–H and O–H groups in total. The molecule has 4 heterocycles. The Morgan fingerprint density at radius 3 is 0.943 bits per heavy atom. The molecule has 3 aliphatic rings. The molecule has 10 heteroatoms. The molecule has 0 spiro atoms. The Balaban J connectivity index is -0.000000197. The second kappa shape index (κ2) is 104. The van der Waals surface area contributed by atoms with Crippen LogP contribution in [0.25, 0.3) is 0 Å². The lowest BCUT2D eigenvalue weighted by atomic mass is 10.1. The van der Waals surface area contributed by atoms with Gasteiger partial charge >= 0.3 is 0 Å². The van der Waals surface area contributed by atoms with Crippen LogP contribution in [0.5, 0.6) is 5.75 Å². The molecule has 0 amide bonds. The summed E-state index contributed by atoms with van der Waals surface area (Å²) in [6, 6.07) is 43.0. The van der Waals surface area contributed by atoms with Crippen molar-refractivity contribution in [2.24, 2.45) is 0 Å². The van der Waals surface area contributed by atoms with Gasteiger partial charge in [0.25, 0.3) is 0 Å². The first-order valence-electron chi connectivity index (χ1n) is 42.6. The van der Waals surface area contributed by atoms with Gasteiger partial charge in [0.15, 0.2) is 6.29 Å². The van der Waals surface area contributed by atoms with Crippen molar-refractivity contribution in [3.05, 3.63) is 167 Å². The molecule has 0 saturated carbocycles. The van der Waals surface area contributed by atoms with Gasteiger partial charge in [-0.3, -0.25) is 14.8 Å². The van der Waals surface area contributed by atoms with E-state index in [1.165, 1.54) is 195 Å². The Labute approximate surface area is 655 Å². The third-order valence-electron chi connectivity index (χ3n) is 15.6. The zero-order valence-electron chi connectivity index (χ0n) is 74.0. The van der Waals surface area contributed by atoms with Crippen molar-refractivity contribution >= 4 is 0 Å². The lowest BCUT2D eigenvalue weighted by molar-refractivity contribution is -0.0254. The summed E-state index contributed by atoms with van der Waals surface area (Å²) in [7, 11) is 1.67. The maximum atomic E-state index is 5.20. The summed E-state index contributed by atoms with van der Waals surface area (Å²) in [6.45, 7) is 64.7. The Hall–Kier alpha value is -4.49. The van der Waals surface area contributed by atoms with Crippen molar-refractivity contribution in [3.63, 3.8) is 0 Å². The maximum Gasteiger partial charge on any atom is 0.155 e. The van der Waals surface area contributed by atoms with Crippen LogP contribution < -0.4 is 4.74 Å². The van der Waals surface area contributed by atoms with Crippen LogP contribution in [0.4, 0.5) is 0 Å². The van der Waals surface area contributed by atoms with Gasteiger partial charge in [-0.1, -0.05) is 364 Å². The molecule has 0 aliphatic carbocycles. The minimum atomic E-state index is 0.0463. The predicted octanol–water partition coefficient (Wildman–Crippen LogP) is 27.6. The first-order valence-corrected chi connectivity index (χ1v) is 42.6. The zero-order chi connectivity index (χ0) is 80.0. The van der Waals surface area contributed by atoms with Crippen molar-refractivity contribution in [1.82, 2.24) is 14.8 Å². The highest BCUT2D eigenvalue weighted by Gasteiger charge is 2.08. The monoisotopic (exact) mass is 1470 g/mol. The van der Waals surface area contributed by atoms with Crippen molar-refractivity contribution in [3.8, 4) is 5.75 Å². The van der Waals surface area contributed by atoms with Gasteiger partial charge in [-0.25, -0.2) is 0 Å². The van der Waals surface area contributed by atoms with Gasteiger partial charge in [0, 0.05) is 64.5 Å². The Kier molecular flexibility index (Phi) is 112. The zero-order valence-corrected chi connectivity index (χ0v) is 74.0. The summed E-state index contributed by atoms with van der Waals surface area (Å²) >= 11 is 0. The summed E-state index contributed by atoms with van der Waals surface area (Å²) in [5.74, 6) is 0.917. The summed E-state index contributed by atoms with van der Waals surface area (Å²) < 4.78 is 35.1. The van der Waals surface area contributed by atoms with Gasteiger partial charge in [0.1, 0.15) is 5.75 Å². The van der Waals surface area contributed by atoms with Crippen LogP contribution in [0.3, 0.4) is 0 Å². The molecule has 3 saturated heterocycles. The second-order valence-corrected chi connectivity index (χ2v) is 26.2. The standard InChI is InChI=1S/C10H22.C8H10O.2C8H10.C8H18.C7H15NO.C7H8.C6H13NO.C6H7N.C6H14O.C6H14.C4H8O2.C4H10O.C4H10.C3H8/c1-3-5-7-9-10-8-6-4-2;1-7-3-5-8(9-2)6-4-7;1-7-3-5-8(2)6-4-7;1-2-8-6-4-3-5-7-8;1-3-5-7-8-6-4-2;1-2-3-8-4-6-9-7-5-8;1-7-5-3-2-4-6-7;1-2-7-3-5-8-6-4-7;1-6-4-2-3-5-7-6;1-3-5-6-7-4-2;1-3-5-6-4-2;1-4-5-2-3-6-4;1-3-5-4-2;1-3-4-2;1-3-2/h3-10H2,1-2H3;3-6H,1-2H3;3-6H,1-2H3;3-7H,2H2,1H3;3-8H2,1-2H3;2-7H2,1H3;2-6H,1H3;2-6H2,1H3;2-5H,1H3;3-6H2,1-2H3;3-6H2,1-2H3;4H,2-3H2,1H3;3-4H2,1-2H3;3-4H2,1-2H3;3H2,1-2H3. The lowest BCUT2D eigenvalue weighted by Gasteiger charge is -2.25. The van der Waals surface area contributed by atoms with Crippen molar-refractivity contribution in [2.75, 3.05) is 112 Å². The number of ether oxygens (including phenoxy) is 7. The minimum absolute atomic E-state index is 0.0463. The van der Waals surface area contributed by atoms with E-state index in [1.807, 2.05) is 101 Å². The van der Waals surface area contributed by atoms with Crippen LogP contribution >= 0.6 is 0 Å². The number of benzene rings is 4. The average Bonchev–Trinajstić information content (AvgIpc) is 2.09. The van der Waals surface area contributed by atoms with Gasteiger partial charge in [0.2, 0.25) is 0 Å². The minimum Gasteiger partial charge on any atom is -0.497 e. The largest absolute Gasteiger partial charge is 0.497 e. The van der Waals surface area contributed by atoms with E-state index < -0.39 is 0 Å². The van der Waals surface area contributed by atoms with Crippen molar-refractivity contribution in [2.45, 2.75) is 326 Å². The first kappa shape index (κ1) is 114. The number of nitrogens with zero attached hydrogens (tertiary/aromatic N) is 3. The number of rotatable bonds is 27. The first-order chi connectivity index (χ1) is 51.0. The van der Waals surface area contributed by atoms with Crippen LogP contribution in [0, 0.1) is 34.6 Å².